The number of rotatable bonds is 3. The molecule has 4 nitrogen and oxygen atoms in total. The standard InChI is InChI=1S/C13H11FN2O2S/c1-8(17)11-7-15-13(19-2)16(12(11)18)10-5-3-9(14)4-6-10/h3-7H,1-2H3. The van der Waals surface area contributed by atoms with E-state index in [0.717, 1.165) is 0 Å². The van der Waals surface area contributed by atoms with E-state index in [-0.39, 0.29) is 11.3 Å². The van der Waals surface area contributed by atoms with Gasteiger partial charge in [0.15, 0.2) is 10.9 Å². The first-order valence-electron chi connectivity index (χ1n) is 5.47. The maximum atomic E-state index is 12.9. The van der Waals surface area contributed by atoms with Crippen molar-refractivity contribution >= 4 is 17.5 Å². The van der Waals surface area contributed by atoms with E-state index in [1.54, 1.807) is 6.26 Å². The molecule has 2 aromatic rings. The van der Waals surface area contributed by atoms with Crippen LogP contribution in [0.3, 0.4) is 0 Å². The summed E-state index contributed by atoms with van der Waals surface area (Å²) in [5.74, 6) is -0.737. The highest BCUT2D eigenvalue weighted by Gasteiger charge is 2.14. The number of Topliss-reactive ketones (excluding diaryl/α,β-unsaturated/α-hetero) is 1. The van der Waals surface area contributed by atoms with Gasteiger partial charge in [-0.05, 0) is 37.4 Å². The number of carbonyl (C=O) groups excluding carboxylic acids is 1. The molecule has 0 atom stereocenters. The molecule has 0 bridgehead atoms. The van der Waals surface area contributed by atoms with E-state index < -0.39 is 11.4 Å². The number of benzene rings is 1. The molecule has 6 heteroatoms. The lowest BCUT2D eigenvalue weighted by molar-refractivity contribution is 0.101. The van der Waals surface area contributed by atoms with E-state index in [1.165, 1.54) is 53.7 Å². The molecule has 0 saturated heterocycles. The zero-order chi connectivity index (χ0) is 14.0. The fourth-order valence-electron chi connectivity index (χ4n) is 1.64. The van der Waals surface area contributed by atoms with Gasteiger partial charge in [0.1, 0.15) is 11.4 Å². The zero-order valence-electron chi connectivity index (χ0n) is 10.4. The second-order valence-electron chi connectivity index (χ2n) is 3.83. The summed E-state index contributed by atoms with van der Waals surface area (Å²) in [4.78, 5) is 27.7. The number of hydrogen-bond acceptors (Lipinski definition) is 4. The fourth-order valence-corrected chi connectivity index (χ4v) is 2.17. The first-order chi connectivity index (χ1) is 9.04. The Bertz CT molecular complexity index is 680. The van der Waals surface area contributed by atoms with Crippen LogP contribution in [0.1, 0.15) is 17.3 Å². The van der Waals surface area contributed by atoms with Crippen molar-refractivity contribution in [1.82, 2.24) is 9.55 Å². The van der Waals surface area contributed by atoms with Crippen LogP contribution in [0.2, 0.25) is 0 Å². The highest BCUT2D eigenvalue weighted by molar-refractivity contribution is 7.98. The van der Waals surface area contributed by atoms with Crippen LogP contribution < -0.4 is 5.56 Å². The molecule has 1 aromatic carbocycles. The first kappa shape index (κ1) is 13.5. The molecule has 0 amide bonds. The van der Waals surface area contributed by atoms with Crippen molar-refractivity contribution in [3.63, 3.8) is 0 Å². The Morgan fingerprint density at radius 3 is 2.47 bits per heavy atom. The summed E-state index contributed by atoms with van der Waals surface area (Å²) in [6, 6.07) is 5.46. The van der Waals surface area contributed by atoms with Crippen LogP contribution in [-0.2, 0) is 0 Å². The van der Waals surface area contributed by atoms with Gasteiger partial charge in [0.25, 0.3) is 5.56 Å². The van der Waals surface area contributed by atoms with Gasteiger partial charge in [0.2, 0.25) is 0 Å². The van der Waals surface area contributed by atoms with E-state index >= 15 is 0 Å². The van der Waals surface area contributed by atoms with Crippen molar-refractivity contribution in [2.45, 2.75) is 12.1 Å². The predicted octanol–water partition coefficient (Wildman–Crippen LogP) is 2.30. The summed E-state index contributed by atoms with van der Waals surface area (Å²) in [7, 11) is 0. The molecule has 2 rings (SSSR count). The maximum Gasteiger partial charge on any atom is 0.269 e. The molecule has 0 saturated carbocycles. The number of aromatic nitrogens is 2. The fraction of sp³-hybridized carbons (Fsp3) is 0.154. The lowest BCUT2D eigenvalue weighted by Crippen LogP contribution is -2.26. The van der Waals surface area contributed by atoms with Crippen molar-refractivity contribution in [2.24, 2.45) is 0 Å². The number of halogens is 1. The van der Waals surface area contributed by atoms with E-state index in [2.05, 4.69) is 4.98 Å². The van der Waals surface area contributed by atoms with Crippen LogP contribution in [0.4, 0.5) is 4.39 Å². The highest BCUT2D eigenvalue weighted by Crippen LogP contribution is 2.16. The van der Waals surface area contributed by atoms with Gasteiger partial charge in [0.05, 0.1) is 5.69 Å². The predicted molar refractivity (Wildman–Crippen MR) is 71.6 cm³/mol. The lowest BCUT2D eigenvalue weighted by atomic mass is 10.2. The van der Waals surface area contributed by atoms with Crippen LogP contribution in [0.25, 0.3) is 5.69 Å². The Morgan fingerprint density at radius 2 is 1.95 bits per heavy atom. The van der Waals surface area contributed by atoms with Crippen LogP contribution in [0, 0.1) is 5.82 Å². The first-order valence-corrected chi connectivity index (χ1v) is 6.70. The Labute approximate surface area is 113 Å². The molecule has 0 unspecified atom stereocenters. The average molecular weight is 278 g/mol. The molecular formula is C13H11FN2O2S. The van der Waals surface area contributed by atoms with E-state index in [4.69, 9.17) is 0 Å². The normalized spacial score (nSPS) is 10.5. The van der Waals surface area contributed by atoms with E-state index in [9.17, 15) is 14.0 Å². The minimum Gasteiger partial charge on any atom is -0.294 e. The highest BCUT2D eigenvalue weighted by atomic mass is 32.2. The van der Waals surface area contributed by atoms with Gasteiger partial charge in [-0.3, -0.25) is 14.2 Å². The van der Waals surface area contributed by atoms with Crippen molar-refractivity contribution in [3.8, 4) is 5.69 Å². The minimum absolute atomic E-state index is 0.0159. The minimum atomic E-state index is -0.446. The molecule has 0 aliphatic heterocycles. The largest absolute Gasteiger partial charge is 0.294 e. The molecular weight excluding hydrogens is 267 g/mol. The second kappa shape index (κ2) is 5.36. The Balaban J connectivity index is 2.73. The third kappa shape index (κ3) is 2.58. The lowest BCUT2D eigenvalue weighted by Gasteiger charge is -2.11. The number of nitrogens with zero attached hydrogens (tertiary/aromatic N) is 2. The molecule has 0 spiro atoms. The molecule has 0 aliphatic carbocycles. The van der Waals surface area contributed by atoms with Crippen LogP contribution in [-0.4, -0.2) is 21.6 Å². The SMILES string of the molecule is CSc1ncc(C(C)=O)c(=O)n1-c1ccc(F)cc1. The molecule has 0 radical (unpaired) electrons. The molecule has 98 valence electrons. The van der Waals surface area contributed by atoms with Crippen molar-refractivity contribution in [1.29, 1.82) is 0 Å². The summed E-state index contributed by atoms with van der Waals surface area (Å²) in [5, 5.41) is 0.446. The topological polar surface area (TPSA) is 52.0 Å². The van der Waals surface area contributed by atoms with Crippen molar-refractivity contribution in [3.05, 3.63) is 52.2 Å². The molecule has 19 heavy (non-hydrogen) atoms. The third-order valence-corrected chi connectivity index (χ3v) is 3.23. The van der Waals surface area contributed by atoms with Gasteiger partial charge in [0, 0.05) is 6.20 Å². The maximum absolute atomic E-state index is 12.9. The smallest absolute Gasteiger partial charge is 0.269 e. The Kier molecular flexibility index (Phi) is 3.80. The molecule has 1 heterocycles. The third-order valence-electron chi connectivity index (χ3n) is 2.58. The number of hydrogen-bond donors (Lipinski definition) is 0. The number of thioether (sulfide) groups is 1. The molecule has 1 aromatic heterocycles. The average Bonchev–Trinajstić information content (AvgIpc) is 2.39. The quantitative estimate of drug-likeness (QED) is 0.491. The van der Waals surface area contributed by atoms with Crippen LogP contribution in [0.5, 0.6) is 0 Å². The van der Waals surface area contributed by atoms with Gasteiger partial charge >= 0.3 is 0 Å². The van der Waals surface area contributed by atoms with Gasteiger partial charge in [-0.25, -0.2) is 9.37 Å². The molecule has 0 aliphatic rings. The molecule has 0 N–H and O–H groups in total. The van der Waals surface area contributed by atoms with Crippen LogP contribution >= 0.6 is 11.8 Å². The van der Waals surface area contributed by atoms with E-state index in [0.29, 0.717) is 10.8 Å². The number of ketones is 1. The number of carbonyl (C=O) groups is 1. The van der Waals surface area contributed by atoms with Gasteiger partial charge in [-0.15, -0.1) is 0 Å². The van der Waals surface area contributed by atoms with Gasteiger partial charge in [-0.2, -0.15) is 0 Å². The second-order valence-corrected chi connectivity index (χ2v) is 4.61. The summed E-state index contributed by atoms with van der Waals surface area (Å²) in [5.41, 5.74) is 0.0481. The Hall–Kier alpha value is -1.95. The van der Waals surface area contributed by atoms with Crippen molar-refractivity contribution < 1.29 is 9.18 Å². The summed E-state index contributed by atoms with van der Waals surface area (Å²) >= 11 is 1.28. The Morgan fingerprint density at radius 1 is 1.32 bits per heavy atom. The van der Waals surface area contributed by atoms with Crippen LogP contribution in [0.15, 0.2) is 40.4 Å². The monoisotopic (exact) mass is 278 g/mol. The zero-order valence-corrected chi connectivity index (χ0v) is 11.2. The van der Waals surface area contributed by atoms with E-state index in [1.807, 2.05) is 0 Å². The molecule has 0 fully saturated rings. The van der Waals surface area contributed by atoms with Crippen molar-refractivity contribution in [2.75, 3.05) is 6.26 Å². The summed E-state index contributed by atoms with van der Waals surface area (Å²) < 4.78 is 14.2. The summed E-state index contributed by atoms with van der Waals surface area (Å²) in [6.07, 6.45) is 3.05. The summed E-state index contributed by atoms with van der Waals surface area (Å²) in [6.45, 7) is 1.31. The van der Waals surface area contributed by atoms with Gasteiger partial charge in [-0.1, -0.05) is 11.8 Å². The van der Waals surface area contributed by atoms with Gasteiger partial charge < -0.3 is 0 Å².